The first-order valence-corrected chi connectivity index (χ1v) is 8.82. The lowest BCUT2D eigenvalue weighted by Crippen LogP contribution is -2.26. The van der Waals surface area contributed by atoms with Crippen LogP contribution in [0.2, 0.25) is 0 Å². The van der Waals surface area contributed by atoms with Crippen LogP contribution in [0.5, 0.6) is 0 Å². The summed E-state index contributed by atoms with van der Waals surface area (Å²) in [5.41, 5.74) is 2.06. The van der Waals surface area contributed by atoms with Crippen LogP contribution in [0, 0.1) is 13.8 Å². The zero-order valence-electron chi connectivity index (χ0n) is 12.3. The first kappa shape index (κ1) is 16.2. The van der Waals surface area contributed by atoms with Crippen molar-refractivity contribution in [2.75, 3.05) is 7.05 Å². The van der Waals surface area contributed by atoms with Gasteiger partial charge in [0.25, 0.3) is 0 Å². The molecular formula is C15H19NO3S2. The molecule has 0 aliphatic rings. The molecular weight excluding hydrogens is 306 g/mol. The summed E-state index contributed by atoms with van der Waals surface area (Å²) in [5, 5.41) is 9.15. The smallest absolute Gasteiger partial charge is 0.244 e. The number of sulfonamides is 1. The number of benzene rings is 1. The number of nitrogens with zero attached hydrogens (tertiary/aromatic N) is 1. The monoisotopic (exact) mass is 325 g/mol. The second-order valence-electron chi connectivity index (χ2n) is 5.04. The van der Waals surface area contributed by atoms with E-state index >= 15 is 0 Å². The molecule has 0 aliphatic carbocycles. The van der Waals surface area contributed by atoms with Gasteiger partial charge in [0.05, 0.1) is 11.5 Å². The highest BCUT2D eigenvalue weighted by Crippen LogP contribution is 2.28. The third kappa shape index (κ3) is 3.52. The molecule has 0 radical (unpaired) electrons. The van der Waals surface area contributed by atoms with Gasteiger partial charge in [-0.1, -0.05) is 29.8 Å². The van der Waals surface area contributed by atoms with Crippen LogP contribution in [0.3, 0.4) is 0 Å². The molecule has 1 aromatic heterocycles. The van der Waals surface area contributed by atoms with Crippen LogP contribution in [0.15, 0.2) is 35.2 Å². The van der Waals surface area contributed by atoms with Crippen molar-refractivity contribution in [2.45, 2.75) is 31.9 Å². The number of hydrogen-bond acceptors (Lipinski definition) is 4. The summed E-state index contributed by atoms with van der Waals surface area (Å²) in [7, 11) is -1.96. The molecule has 4 nitrogen and oxygen atoms in total. The van der Waals surface area contributed by atoms with Gasteiger partial charge in [-0.25, -0.2) is 8.42 Å². The molecule has 21 heavy (non-hydrogen) atoms. The summed E-state index contributed by atoms with van der Waals surface area (Å²) < 4.78 is 26.6. The quantitative estimate of drug-likeness (QED) is 0.919. The zero-order valence-corrected chi connectivity index (χ0v) is 14.0. The number of hydrogen-bond donors (Lipinski definition) is 1. The molecule has 2 rings (SSSR count). The molecule has 0 spiro atoms. The first-order chi connectivity index (χ1) is 9.84. The van der Waals surface area contributed by atoms with E-state index in [9.17, 15) is 8.42 Å². The second-order valence-corrected chi connectivity index (χ2v) is 8.40. The SMILES string of the molecule is Cc1cccc(CN(C)S(=O)(=O)c2cc(CO)sc2C)c1. The Morgan fingerprint density at radius 1 is 1.24 bits per heavy atom. The Hall–Kier alpha value is -1.21. The molecule has 1 N–H and O–H groups in total. The fraction of sp³-hybridized carbons (Fsp3) is 0.333. The van der Waals surface area contributed by atoms with Gasteiger partial charge in [0.2, 0.25) is 10.0 Å². The predicted octanol–water partition coefficient (Wildman–Crippen LogP) is 2.68. The van der Waals surface area contributed by atoms with Gasteiger partial charge < -0.3 is 5.11 Å². The van der Waals surface area contributed by atoms with Gasteiger partial charge in [0.1, 0.15) is 0 Å². The van der Waals surface area contributed by atoms with E-state index in [2.05, 4.69) is 0 Å². The van der Waals surface area contributed by atoms with Gasteiger partial charge in [-0.05, 0) is 25.5 Å². The normalized spacial score (nSPS) is 12.0. The lowest BCUT2D eigenvalue weighted by molar-refractivity contribution is 0.285. The van der Waals surface area contributed by atoms with Crippen molar-refractivity contribution in [3.63, 3.8) is 0 Å². The first-order valence-electron chi connectivity index (χ1n) is 6.56. The molecule has 1 aromatic carbocycles. The van der Waals surface area contributed by atoms with E-state index < -0.39 is 10.0 Å². The Morgan fingerprint density at radius 2 is 1.95 bits per heavy atom. The van der Waals surface area contributed by atoms with Crippen molar-refractivity contribution < 1.29 is 13.5 Å². The van der Waals surface area contributed by atoms with E-state index in [1.165, 1.54) is 15.6 Å². The van der Waals surface area contributed by atoms with Crippen LogP contribution in [0.1, 0.15) is 20.9 Å². The minimum Gasteiger partial charge on any atom is -0.391 e. The standard InChI is InChI=1S/C15H19NO3S2/c1-11-5-4-6-13(7-11)9-16(3)21(18,19)15-8-14(10-17)20-12(15)2/h4-8,17H,9-10H2,1-3H3. The minimum absolute atomic E-state index is 0.136. The molecule has 0 saturated carbocycles. The Bertz CT molecular complexity index is 735. The summed E-state index contributed by atoms with van der Waals surface area (Å²) in [6.07, 6.45) is 0. The van der Waals surface area contributed by atoms with Crippen LogP contribution < -0.4 is 0 Å². The van der Waals surface area contributed by atoms with Crippen LogP contribution >= 0.6 is 11.3 Å². The molecule has 114 valence electrons. The second kappa shape index (κ2) is 6.27. The summed E-state index contributed by atoms with van der Waals surface area (Å²) >= 11 is 1.31. The van der Waals surface area contributed by atoms with Crippen LogP contribution in [0.25, 0.3) is 0 Å². The largest absolute Gasteiger partial charge is 0.391 e. The zero-order chi connectivity index (χ0) is 15.6. The van der Waals surface area contributed by atoms with Crippen LogP contribution in [-0.4, -0.2) is 24.9 Å². The Balaban J connectivity index is 2.28. The maximum atomic E-state index is 12.6. The van der Waals surface area contributed by atoms with Crippen LogP contribution in [0.4, 0.5) is 0 Å². The number of aliphatic hydroxyl groups is 1. The number of aryl methyl sites for hydroxylation is 2. The number of rotatable bonds is 5. The fourth-order valence-corrected chi connectivity index (χ4v) is 4.80. The number of thiophene rings is 1. The van der Waals surface area contributed by atoms with E-state index in [0.29, 0.717) is 16.3 Å². The Labute approximate surface area is 129 Å². The van der Waals surface area contributed by atoms with Gasteiger partial charge in [0.15, 0.2) is 0 Å². The maximum absolute atomic E-state index is 12.6. The lowest BCUT2D eigenvalue weighted by atomic mass is 10.1. The van der Waals surface area contributed by atoms with E-state index in [-0.39, 0.29) is 11.5 Å². The summed E-state index contributed by atoms with van der Waals surface area (Å²) in [5.74, 6) is 0. The van der Waals surface area contributed by atoms with Crippen molar-refractivity contribution in [3.05, 3.63) is 51.2 Å². The highest BCUT2D eigenvalue weighted by atomic mass is 32.2. The van der Waals surface area contributed by atoms with Crippen molar-refractivity contribution in [2.24, 2.45) is 0 Å². The fourth-order valence-electron chi connectivity index (χ4n) is 2.18. The molecule has 0 saturated heterocycles. The van der Waals surface area contributed by atoms with E-state index in [4.69, 9.17) is 5.11 Å². The molecule has 6 heteroatoms. The average Bonchev–Trinajstić information content (AvgIpc) is 2.80. The Morgan fingerprint density at radius 3 is 2.52 bits per heavy atom. The van der Waals surface area contributed by atoms with Crippen LogP contribution in [-0.2, 0) is 23.2 Å². The molecule has 2 aromatic rings. The van der Waals surface area contributed by atoms with Gasteiger partial charge in [0, 0.05) is 23.3 Å². The summed E-state index contributed by atoms with van der Waals surface area (Å²) in [6.45, 7) is 3.93. The molecule has 1 heterocycles. The lowest BCUT2D eigenvalue weighted by Gasteiger charge is -2.17. The third-order valence-corrected chi connectivity index (χ3v) is 6.35. The summed E-state index contributed by atoms with van der Waals surface area (Å²) in [4.78, 5) is 1.65. The van der Waals surface area contributed by atoms with Crippen molar-refractivity contribution >= 4 is 21.4 Å². The van der Waals surface area contributed by atoms with Crippen molar-refractivity contribution in [3.8, 4) is 0 Å². The molecule has 0 atom stereocenters. The highest BCUT2D eigenvalue weighted by Gasteiger charge is 2.25. The molecule has 0 unspecified atom stereocenters. The van der Waals surface area contributed by atoms with Gasteiger partial charge in [-0.15, -0.1) is 11.3 Å². The molecule has 0 amide bonds. The minimum atomic E-state index is -3.54. The van der Waals surface area contributed by atoms with E-state index in [1.54, 1.807) is 20.0 Å². The van der Waals surface area contributed by atoms with Crippen molar-refractivity contribution in [1.82, 2.24) is 4.31 Å². The summed E-state index contributed by atoms with van der Waals surface area (Å²) in [6, 6.07) is 9.35. The topological polar surface area (TPSA) is 57.6 Å². The number of aliphatic hydroxyl groups excluding tert-OH is 1. The maximum Gasteiger partial charge on any atom is 0.244 e. The van der Waals surface area contributed by atoms with Gasteiger partial charge in [-0.2, -0.15) is 4.31 Å². The molecule has 0 bridgehead atoms. The Kier molecular flexibility index (Phi) is 4.83. The van der Waals surface area contributed by atoms with Gasteiger partial charge in [-0.3, -0.25) is 0 Å². The van der Waals surface area contributed by atoms with Gasteiger partial charge >= 0.3 is 0 Å². The van der Waals surface area contributed by atoms with E-state index in [1.807, 2.05) is 31.2 Å². The molecule has 0 fully saturated rings. The average molecular weight is 325 g/mol. The predicted molar refractivity (Wildman–Crippen MR) is 84.8 cm³/mol. The highest BCUT2D eigenvalue weighted by molar-refractivity contribution is 7.89. The van der Waals surface area contributed by atoms with Crippen molar-refractivity contribution in [1.29, 1.82) is 0 Å². The third-order valence-electron chi connectivity index (χ3n) is 3.26. The molecule has 0 aliphatic heterocycles. The van der Waals surface area contributed by atoms with E-state index in [0.717, 1.165) is 11.1 Å².